The zero-order valence-electron chi connectivity index (χ0n) is 12.9. The smallest absolute Gasteiger partial charge is 0.0847 e. The van der Waals surface area contributed by atoms with E-state index in [0.29, 0.717) is 0 Å². The van der Waals surface area contributed by atoms with E-state index in [1.54, 1.807) is 0 Å². The highest BCUT2D eigenvalue weighted by molar-refractivity contribution is 4.79. The van der Waals surface area contributed by atoms with Gasteiger partial charge in [0.25, 0.3) is 0 Å². The molecule has 0 fully saturated rings. The summed E-state index contributed by atoms with van der Waals surface area (Å²) < 4.78 is 0. The molecule has 0 aromatic carbocycles. The maximum absolute atomic E-state index is 9.90. The van der Waals surface area contributed by atoms with Crippen LogP contribution in [0.15, 0.2) is 0 Å². The van der Waals surface area contributed by atoms with E-state index in [1.165, 1.54) is 44.9 Å². The monoisotopic (exact) mass is 258 g/mol. The molecule has 18 heavy (non-hydrogen) atoms. The quantitative estimate of drug-likeness (QED) is 0.574. The Balaban J connectivity index is 3.43. The molecule has 2 unspecified atom stereocenters. The molecule has 0 rings (SSSR count). The van der Waals surface area contributed by atoms with Crippen LogP contribution in [0.25, 0.3) is 0 Å². The van der Waals surface area contributed by atoms with Gasteiger partial charge in [0.15, 0.2) is 0 Å². The van der Waals surface area contributed by atoms with Crippen molar-refractivity contribution in [3.8, 4) is 0 Å². The van der Waals surface area contributed by atoms with Crippen molar-refractivity contribution in [3.63, 3.8) is 0 Å². The summed E-state index contributed by atoms with van der Waals surface area (Å²) in [6.45, 7) is 8.14. The van der Waals surface area contributed by atoms with Crippen LogP contribution >= 0.6 is 0 Å². The molecule has 0 radical (unpaired) electrons. The summed E-state index contributed by atoms with van der Waals surface area (Å²) in [5, 5.41) is 19.8. The fourth-order valence-electron chi connectivity index (χ4n) is 2.22. The minimum Gasteiger partial charge on any atom is -0.390 e. The van der Waals surface area contributed by atoms with Gasteiger partial charge in [-0.1, -0.05) is 79.1 Å². The lowest BCUT2D eigenvalue weighted by Gasteiger charge is -2.30. The first-order valence-electron chi connectivity index (χ1n) is 7.75. The average molecular weight is 258 g/mol. The Labute approximate surface area is 114 Å². The van der Waals surface area contributed by atoms with Crippen molar-refractivity contribution in [2.45, 2.75) is 97.7 Å². The normalized spacial score (nSPS) is 15.7. The fraction of sp³-hybridized carbons (Fsp3) is 1.00. The van der Waals surface area contributed by atoms with Crippen LogP contribution < -0.4 is 0 Å². The van der Waals surface area contributed by atoms with Gasteiger partial charge in [0.05, 0.1) is 12.2 Å². The van der Waals surface area contributed by atoms with Gasteiger partial charge in [-0.3, -0.25) is 0 Å². The molecule has 110 valence electrons. The molecule has 2 heteroatoms. The van der Waals surface area contributed by atoms with Gasteiger partial charge < -0.3 is 10.2 Å². The maximum Gasteiger partial charge on any atom is 0.0847 e. The third-order valence-electron chi connectivity index (χ3n) is 3.61. The van der Waals surface area contributed by atoms with Gasteiger partial charge in [-0.25, -0.2) is 0 Å². The van der Waals surface area contributed by atoms with Crippen molar-refractivity contribution >= 4 is 0 Å². The van der Waals surface area contributed by atoms with Gasteiger partial charge >= 0.3 is 0 Å². The van der Waals surface area contributed by atoms with Crippen LogP contribution in [-0.4, -0.2) is 22.4 Å². The largest absolute Gasteiger partial charge is 0.390 e. The molecule has 0 aromatic rings. The van der Waals surface area contributed by atoms with Gasteiger partial charge in [0.1, 0.15) is 0 Å². The van der Waals surface area contributed by atoms with E-state index < -0.39 is 12.2 Å². The van der Waals surface area contributed by atoms with Crippen LogP contribution in [0.5, 0.6) is 0 Å². The lowest BCUT2D eigenvalue weighted by Crippen LogP contribution is -2.37. The first-order valence-corrected chi connectivity index (χ1v) is 7.75. The van der Waals surface area contributed by atoms with E-state index in [9.17, 15) is 10.2 Å². The Morgan fingerprint density at radius 2 is 1.22 bits per heavy atom. The Bertz CT molecular complexity index is 184. The van der Waals surface area contributed by atoms with E-state index >= 15 is 0 Å². The van der Waals surface area contributed by atoms with E-state index in [2.05, 4.69) is 6.92 Å². The van der Waals surface area contributed by atoms with Gasteiger partial charge in [0, 0.05) is 0 Å². The standard InChI is InChI=1S/C16H34O2/c1-5-6-7-8-9-10-11-12-13-14(17)15(18)16(2,3)4/h14-15,17-18H,5-13H2,1-4H3. The van der Waals surface area contributed by atoms with Crippen molar-refractivity contribution in [2.24, 2.45) is 5.41 Å². The summed E-state index contributed by atoms with van der Waals surface area (Å²) in [6.07, 6.45) is 9.72. The zero-order valence-corrected chi connectivity index (χ0v) is 12.9. The molecule has 0 saturated carbocycles. The van der Waals surface area contributed by atoms with Crippen molar-refractivity contribution in [2.75, 3.05) is 0 Å². The number of aliphatic hydroxyl groups excluding tert-OH is 2. The van der Waals surface area contributed by atoms with Crippen molar-refractivity contribution in [1.82, 2.24) is 0 Å². The molecule has 2 nitrogen and oxygen atoms in total. The predicted molar refractivity (Wildman–Crippen MR) is 78.7 cm³/mol. The van der Waals surface area contributed by atoms with Crippen LogP contribution in [0.1, 0.15) is 85.5 Å². The van der Waals surface area contributed by atoms with Crippen molar-refractivity contribution in [3.05, 3.63) is 0 Å². The highest BCUT2D eigenvalue weighted by atomic mass is 16.3. The van der Waals surface area contributed by atoms with E-state index in [4.69, 9.17) is 0 Å². The summed E-state index contributed by atoms with van der Waals surface area (Å²) in [5.41, 5.74) is -0.223. The Morgan fingerprint density at radius 1 is 0.778 bits per heavy atom. The SMILES string of the molecule is CCCCCCCCCCC(O)C(O)C(C)(C)C. The minimum absolute atomic E-state index is 0.223. The molecule has 0 amide bonds. The topological polar surface area (TPSA) is 40.5 Å². The fourth-order valence-corrected chi connectivity index (χ4v) is 2.22. The summed E-state index contributed by atoms with van der Waals surface area (Å²) in [4.78, 5) is 0. The van der Waals surface area contributed by atoms with Crippen molar-refractivity contribution < 1.29 is 10.2 Å². The molecule has 0 aliphatic heterocycles. The number of aliphatic hydroxyl groups is 2. The highest BCUT2D eigenvalue weighted by Crippen LogP contribution is 2.24. The van der Waals surface area contributed by atoms with E-state index in [-0.39, 0.29) is 5.41 Å². The molecule has 0 aliphatic carbocycles. The molecule has 0 aliphatic rings. The van der Waals surface area contributed by atoms with Crippen LogP contribution in [0.3, 0.4) is 0 Å². The summed E-state index contributed by atoms with van der Waals surface area (Å²) >= 11 is 0. The minimum atomic E-state index is -0.609. The Hall–Kier alpha value is -0.0800. The third kappa shape index (κ3) is 8.93. The molecule has 0 bridgehead atoms. The lowest BCUT2D eigenvalue weighted by molar-refractivity contribution is -0.0481. The Kier molecular flexibility index (Phi) is 9.76. The average Bonchev–Trinajstić information content (AvgIpc) is 2.30. The van der Waals surface area contributed by atoms with Crippen LogP contribution in [0.2, 0.25) is 0 Å². The lowest BCUT2D eigenvalue weighted by atomic mass is 9.84. The Morgan fingerprint density at radius 3 is 1.67 bits per heavy atom. The number of hydrogen-bond acceptors (Lipinski definition) is 2. The molecule has 0 heterocycles. The molecular weight excluding hydrogens is 224 g/mol. The van der Waals surface area contributed by atoms with E-state index in [1.807, 2.05) is 20.8 Å². The van der Waals surface area contributed by atoms with Gasteiger partial charge in [-0.15, -0.1) is 0 Å². The second kappa shape index (κ2) is 9.80. The van der Waals surface area contributed by atoms with Crippen molar-refractivity contribution in [1.29, 1.82) is 0 Å². The molecule has 0 spiro atoms. The summed E-state index contributed by atoms with van der Waals surface area (Å²) in [6, 6.07) is 0. The highest BCUT2D eigenvalue weighted by Gasteiger charge is 2.28. The van der Waals surface area contributed by atoms with Gasteiger partial charge in [0.2, 0.25) is 0 Å². The van der Waals surface area contributed by atoms with Gasteiger partial charge in [-0.05, 0) is 11.8 Å². The second-order valence-electron chi connectivity index (χ2n) is 6.64. The molecule has 0 saturated heterocycles. The number of unbranched alkanes of at least 4 members (excludes halogenated alkanes) is 7. The van der Waals surface area contributed by atoms with Crippen LogP contribution in [0.4, 0.5) is 0 Å². The first kappa shape index (κ1) is 17.9. The van der Waals surface area contributed by atoms with Gasteiger partial charge in [-0.2, -0.15) is 0 Å². The zero-order chi connectivity index (χ0) is 14.0. The molecule has 2 N–H and O–H groups in total. The van der Waals surface area contributed by atoms with Crippen LogP contribution in [-0.2, 0) is 0 Å². The first-order chi connectivity index (χ1) is 8.39. The maximum atomic E-state index is 9.90. The number of rotatable bonds is 10. The molecular formula is C16H34O2. The summed E-state index contributed by atoms with van der Waals surface area (Å²) in [5.74, 6) is 0. The second-order valence-corrected chi connectivity index (χ2v) is 6.64. The van der Waals surface area contributed by atoms with E-state index in [0.717, 1.165) is 12.8 Å². The summed E-state index contributed by atoms with van der Waals surface area (Å²) in [7, 11) is 0. The predicted octanol–water partition coefficient (Wildman–Crippen LogP) is 4.29. The number of hydrogen-bond donors (Lipinski definition) is 2. The molecule has 0 aromatic heterocycles. The van der Waals surface area contributed by atoms with Crippen LogP contribution in [0, 0.1) is 5.41 Å². The third-order valence-corrected chi connectivity index (χ3v) is 3.61. The molecule has 2 atom stereocenters.